The van der Waals surface area contributed by atoms with E-state index < -0.39 is 0 Å². The molecule has 0 aliphatic heterocycles. The molecule has 0 aliphatic carbocycles. The van der Waals surface area contributed by atoms with Crippen LogP contribution < -0.4 is 10.6 Å². The number of aryl methyl sites for hydroxylation is 1. The molecule has 0 radical (unpaired) electrons. The van der Waals surface area contributed by atoms with E-state index >= 15 is 0 Å². The van der Waals surface area contributed by atoms with Crippen LogP contribution in [-0.4, -0.2) is 49.1 Å². The monoisotopic (exact) mass is 373 g/mol. The molecule has 0 saturated heterocycles. The Kier molecular flexibility index (Phi) is 8.58. The average Bonchev–Trinajstić information content (AvgIpc) is 3.09. The van der Waals surface area contributed by atoms with Crippen LogP contribution in [0.1, 0.15) is 35.3 Å². The molecule has 2 aromatic rings. The number of likely N-dealkylation sites (N-methyl/N-ethyl adjacent to an activating group) is 1. The number of hydrogen-bond acceptors (Lipinski definition) is 4. The zero-order valence-electron chi connectivity index (χ0n) is 16.3. The Morgan fingerprint density at radius 1 is 1.19 bits per heavy atom. The van der Waals surface area contributed by atoms with E-state index in [2.05, 4.69) is 76.6 Å². The molecule has 2 N–H and O–H groups in total. The van der Waals surface area contributed by atoms with Crippen molar-refractivity contribution in [3.63, 3.8) is 0 Å². The lowest BCUT2D eigenvalue weighted by Crippen LogP contribution is -2.43. The van der Waals surface area contributed by atoms with Crippen molar-refractivity contribution >= 4 is 17.3 Å². The maximum absolute atomic E-state index is 4.41. The number of benzene rings is 1. The van der Waals surface area contributed by atoms with Gasteiger partial charge >= 0.3 is 0 Å². The minimum Gasteiger partial charge on any atom is -0.356 e. The fourth-order valence-electron chi connectivity index (χ4n) is 3.02. The molecule has 1 aromatic carbocycles. The summed E-state index contributed by atoms with van der Waals surface area (Å²) in [5.74, 6) is 0.839. The van der Waals surface area contributed by atoms with Gasteiger partial charge in [0.2, 0.25) is 0 Å². The van der Waals surface area contributed by atoms with Gasteiger partial charge in [0, 0.05) is 37.6 Å². The zero-order valence-corrected chi connectivity index (χ0v) is 17.1. The van der Waals surface area contributed by atoms with Crippen LogP contribution in [0.2, 0.25) is 0 Å². The highest BCUT2D eigenvalue weighted by Gasteiger charge is 2.18. The van der Waals surface area contributed by atoms with Gasteiger partial charge in [-0.15, -0.1) is 11.3 Å². The number of rotatable bonds is 9. The Labute approximate surface area is 161 Å². The predicted molar refractivity (Wildman–Crippen MR) is 112 cm³/mol. The first-order chi connectivity index (χ1) is 12.7. The molecule has 2 rings (SSSR count). The van der Waals surface area contributed by atoms with Crippen LogP contribution in [0.5, 0.6) is 0 Å². The first kappa shape index (κ1) is 20.4. The average molecular weight is 374 g/mol. The third-order valence-electron chi connectivity index (χ3n) is 4.42. The Morgan fingerprint density at radius 2 is 1.92 bits per heavy atom. The van der Waals surface area contributed by atoms with Gasteiger partial charge in [-0.3, -0.25) is 9.89 Å². The highest BCUT2D eigenvalue weighted by molar-refractivity contribution is 7.11. The first-order valence-corrected chi connectivity index (χ1v) is 10.1. The van der Waals surface area contributed by atoms with Gasteiger partial charge in [0.25, 0.3) is 0 Å². The fraction of sp³-hybridized carbons (Fsp3) is 0.500. The van der Waals surface area contributed by atoms with Crippen molar-refractivity contribution in [1.29, 1.82) is 0 Å². The summed E-state index contributed by atoms with van der Waals surface area (Å²) in [6, 6.07) is 11.0. The van der Waals surface area contributed by atoms with Gasteiger partial charge in [0.1, 0.15) is 0 Å². The molecule has 0 aliphatic rings. The Morgan fingerprint density at radius 3 is 2.50 bits per heavy atom. The highest BCUT2D eigenvalue weighted by atomic mass is 32.1. The lowest BCUT2D eigenvalue weighted by molar-refractivity contribution is 0.219. The third-order valence-corrected chi connectivity index (χ3v) is 5.40. The first-order valence-electron chi connectivity index (χ1n) is 9.32. The van der Waals surface area contributed by atoms with Gasteiger partial charge in [-0.05, 0) is 25.6 Å². The summed E-state index contributed by atoms with van der Waals surface area (Å²) in [7, 11) is 1.82. The van der Waals surface area contributed by atoms with Gasteiger partial charge in [0.05, 0.1) is 11.0 Å². The summed E-state index contributed by atoms with van der Waals surface area (Å²) in [5.41, 5.74) is 1.33. The Hall–Kier alpha value is -1.92. The van der Waals surface area contributed by atoms with Crippen LogP contribution in [0.25, 0.3) is 0 Å². The zero-order chi connectivity index (χ0) is 18.8. The smallest absolute Gasteiger partial charge is 0.191 e. The lowest BCUT2D eigenvalue weighted by atomic mass is 10.1. The second-order valence-corrected chi connectivity index (χ2v) is 7.46. The van der Waals surface area contributed by atoms with Crippen molar-refractivity contribution < 1.29 is 0 Å². The van der Waals surface area contributed by atoms with Crippen LogP contribution >= 0.6 is 11.3 Å². The molecule has 1 unspecified atom stereocenters. The number of nitrogens with zero attached hydrogens (tertiary/aromatic N) is 3. The van der Waals surface area contributed by atoms with E-state index in [0.717, 1.165) is 43.6 Å². The van der Waals surface area contributed by atoms with E-state index in [-0.39, 0.29) is 0 Å². The molecule has 6 heteroatoms. The molecule has 1 atom stereocenters. The summed E-state index contributed by atoms with van der Waals surface area (Å²) in [6.07, 6.45) is 2.85. The van der Waals surface area contributed by atoms with Crippen molar-refractivity contribution in [2.45, 2.75) is 33.2 Å². The normalized spacial score (nSPS) is 13.0. The molecule has 26 heavy (non-hydrogen) atoms. The van der Waals surface area contributed by atoms with Crippen LogP contribution in [0, 0.1) is 6.92 Å². The standard InChI is InChI=1S/C20H31N5S/c1-5-25(6-2)18(17-10-8-7-9-11-17)15-24-20(21-4)22-13-12-19-23-14-16(3)26-19/h7-11,14,18H,5-6,12-13,15H2,1-4H3,(H2,21,22,24). The molecule has 0 spiro atoms. The molecule has 5 nitrogen and oxygen atoms in total. The van der Waals surface area contributed by atoms with Gasteiger partial charge in [0.15, 0.2) is 5.96 Å². The summed E-state index contributed by atoms with van der Waals surface area (Å²) in [4.78, 5) is 12.5. The molecule has 0 bridgehead atoms. The van der Waals surface area contributed by atoms with Crippen molar-refractivity contribution in [3.8, 4) is 0 Å². The van der Waals surface area contributed by atoms with Crippen molar-refractivity contribution in [2.75, 3.05) is 33.2 Å². The van der Waals surface area contributed by atoms with E-state index in [1.54, 1.807) is 11.3 Å². The van der Waals surface area contributed by atoms with Crippen LogP contribution in [0.15, 0.2) is 41.5 Å². The predicted octanol–water partition coefficient (Wildman–Crippen LogP) is 3.24. The molecule has 1 heterocycles. The second-order valence-electron chi connectivity index (χ2n) is 6.14. The lowest BCUT2D eigenvalue weighted by Gasteiger charge is -2.30. The van der Waals surface area contributed by atoms with Gasteiger partial charge < -0.3 is 10.6 Å². The summed E-state index contributed by atoms with van der Waals surface area (Å²) >= 11 is 1.75. The van der Waals surface area contributed by atoms with Crippen molar-refractivity contribution in [2.24, 2.45) is 4.99 Å². The third kappa shape index (κ3) is 6.11. The molecule has 142 valence electrons. The minimum atomic E-state index is 0.325. The topological polar surface area (TPSA) is 52.5 Å². The number of nitrogens with one attached hydrogen (secondary N) is 2. The minimum absolute atomic E-state index is 0.325. The van der Waals surface area contributed by atoms with E-state index in [1.807, 2.05) is 13.2 Å². The Balaban J connectivity index is 1.90. The second kappa shape index (κ2) is 10.9. The molecular formula is C20H31N5S. The van der Waals surface area contributed by atoms with E-state index in [1.165, 1.54) is 10.4 Å². The summed E-state index contributed by atoms with van der Waals surface area (Å²) < 4.78 is 0. The van der Waals surface area contributed by atoms with Crippen LogP contribution in [-0.2, 0) is 6.42 Å². The molecular weight excluding hydrogens is 342 g/mol. The molecule has 0 saturated carbocycles. The van der Waals surface area contributed by atoms with E-state index in [4.69, 9.17) is 0 Å². The quantitative estimate of drug-likeness (QED) is 0.523. The van der Waals surface area contributed by atoms with Crippen LogP contribution in [0.4, 0.5) is 0 Å². The number of aromatic nitrogens is 1. The van der Waals surface area contributed by atoms with Crippen molar-refractivity contribution in [1.82, 2.24) is 20.5 Å². The van der Waals surface area contributed by atoms with Gasteiger partial charge in [-0.2, -0.15) is 0 Å². The summed E-state index contributed by atoms with van der Waals surface area (Å²) in [5, 5.41) is 8.05. The number of aliphatic imine (C=N–C) groups is 1. The number of guanidine groups is 1. The maximum Gasteiger partial charge on any atom is 0.191 e. The Bertz CT molecular complexity index is 664. The summed E-state index contributed by atoms with van der Waals surface area (Å²) in [6.45, 7) is 10.2. The number of hydrogen-bond donors (Lipinski definition) is 2. The van der Waals surface area contributed by atoms with E-state index in [9.17, 15) is 0 Å². The fourth-order valence-corrected chi connectivity index (χ4v) is 3.80. The van der Waals surface area contributed by atoms with Crippen molar-refractivity contribution in [3.05, 3.63) is 52.0 Å². The SMILES string of the molecule is CCN(CC)C(CNC(=NC)NCCc1ncc(C)s1)c1ccccc1. The van der Waals surface area contributed by atoms with Crippen LogP contribution in [0.3, 0.4) is 0 Å². The van der Waals surface area contributed by atoms with Gasteiger partial charge in [-0.1, -0.05) is 44.2 Å². The van der Waals surface area contributed by atoms with E-state index in [0.29, 0.717) is 6.04 Å². The molecule has 0 fully saturated rings. The molecule has 1 aromatic heterocycles. The highest BCUT2D eigenvalue weighted by Crippen LogP contribution is 2.19. The number of thiazole rings is 1. The maximum atomic E-state index is 4.41. The largest absolute Gasteiger partial charge is 0.356 e. The van der Waals surface area contributed by atoms with Gasteiger partial charge in [-0.25, -0.2) is 4.98 Å². The molecule has 0 amide bonds.